The van der Waals surface area contributed by atoms with Gasteiger partial charge in [-0.05, 0) is 29.8 Å². The molecule has 2 heterocycles. The van der Waals surface area contributed by atoms with Crippen LogP contribution >= 0.6 is 0 Å². The summed E-state index contributed by atoms with van der Waals surface area (Å²) in [5.74, 6) is -0.572. The molecule has 1 aliphatic heterocycles. The molecule has 0 atom stereocenters. The zero-order chi connectivity index (χ0) is 15.5. The monoisotopic (exact) mass is 295 g/mol. The van der Waals surface area contributed by atoms with Gasteiger partial charge in [0.15, 0.2) is 0 Å². The van der Waals surface area contributed by atoms with E-state index in [1.165, 1.54) is 24.3 Å². The number of nitro benzene ring substituents is 1. The van der Waals surface area contributed by atoms with Crippen molar-refractivity contribution >= 4 is 23.4 Å². The molecule has 2 aromatic rings. The Morgan fingerprint density at radius 1 is 1.18 bits per heavy atom. The Morgan fingerprint density at radius 2 is 1.95 bits per heavy atom. The molecule has 7 heteroatoms. The van der Waals surface area contributed by atoms with Crippen LogP contribution in [0.5, 0.6) is 0 Å². The molecule has 1 aromatic carbocycles. The SMILES string of the molecule is O=C1ON=C(c2ccc([N+](=O)[O-])cc2)/C1=C/c1cccnc1. The smallest absolute Gasteiger partial charge is 0.312 e. The van der Waals surface area contributed by atoms with Crippen molar-refractivity contribution in [3.63, 3.8) is 0 Å². The molecular weight excluding hydrogens is 286 g/mol. The Kier molecular flexibility index (Phi) is 3.45. The summed E-state index contributed by atoms with van der Waals surface area (Å²) in [6.07, 6.45) is 4.84. The van der Waals surface area contributed by atoms with Crippen LogP contribution in [0, 0.1) is 10.1 Å². The van der Waals surface area contributed by atoms with E-state index in [4.69, 9.17) is 4.84 Å². The lowest BCUT2D eigenvalue weighted by Crippen LogP contribution is -2.07. The zero-order valence-electron chi connectivity index (χ0n) is 11.2. The maximum Gasteiger partial charge on any atom is 0.368 e. The van der Waals surface area contributed by atoms with Crippen molar-refractivity contribution in [1.82, 2.24) is 4.98 Å². The average Bonchev–Trinajstić information content (AvgIpc) is 2.89. The van der Waals surface area contributed by atoms with E-state index < -0.39 is 10.9 Å². The molecule has 0 aliphatic carbocycles. The number of hydrogen-bond donors (Lipinski definition) is 0. The van der Waals surface area contributed by atoms with Gasteiger partial charge in [0.1, 0.15) is 5.71 Å². The Morgan fingerprint density at radius 3 is 2.59 bits per heavy atom. The Hall–Kier alpha value is -3.35. The molecule has 0 fully saturated rings. The van der Waals surface area contributed by atoms with Crippen LogP contribution in [0.1, 0.15) is 11.1 Å². The number of oxime groups is 1. The van der Waals surface area contributed by atoms with Gasteiger partial charge in [-0.2, -0.15) is 0 Å². The molecule has 108 valence electrons. The maximum atomic E-state index is 11.8. The van der Waals surface area contributed by atoms with E-state index in [0.29, 0.717) is 11.3 Å². The van der Waals surface area contributed by atoms with Gasteiger partial charge in [-0.25, -0.2) is 4.79 Å². The lowest BCUT2D eigenvalue weighted by Gasteiger charge is -2.00. The summed E-state index contributed by atoms with van der Waals surface area (Å²) in [6, 6.07) is 9.28. The zero-order valence-corrected chi connectivity index (χ0v) is 11.2. The molecule has 0 bridgehead atoms. The molecule has 0 unspecified atom stereocenters. The molecule has 1 aliphatic rings. The van der Waals surface area contributed by atoms with E-state index >= 15 is 0 Å². The van der Waals surface area contributed by atoms with E-state index in [1.807, 2.05) is 0 Å². The highest BCUT2D eigenvalue weighted by atomic mass is 16.7. The molecular formula is C15H9N3O4. The molecule has 0 saturated carbocycles. The predicted molar refractivity (Wildman–Crippen MR) is 77.9 cm³/mol. The number of pyridine rings is 1. The van der Waals surface area contributed by atoms with Gasteiger partial charge < -0.3 is 4.84 Å². The summed E-state index contributed by atoms with van der Waals surface area (Å²) in [6.45, 7) is 0. The molecule has 0 amide bonds. The van der Waals surface area contributed by atoms with Gasteiger partial charge in [0.05, 0.1) is 10.5 Å². The summed E-state index contributed by atoms with van der Waals surface area (Å²) in [7, 11) is 0. The van der Waals surface area contributed by atoms with Crippen molar-refractivity contribution in [3.05, 3.63) is 75.6 Å². The van der Waals surface area contributed by atoms with Crippen LogP contribution in [0.25, 0.3) is 6.08 Å². The highest BCUT2D eigenvalue weighted by Gasteiger charge is 2.27. The maximum absolute atomic E-state index is 11.8. The first kappa shape index (κ1) is 13.6. The van der Waals surface area contributed by atoms with Crippen LogP contribution in [0.15, 0.2) is 59.5 Å². The first-order valence-corrected chi connectivity index (χ1v) is 6.31. The average molecular weight is 295 g/mol. The van der Waals surface area contributed by atoms with Crippen LogP contribution in [0.3, 0.4) is 0 Å². The molecule has 0 saturated heterocycles. The second-order valence-electron chi connectivity index (χ2n) is 4.47. The summed E-state index contributed by atoms with van der Waals surface area (Å²) in [5.41, 5.74) is 1.87. The number of nitro groups is 1. The summed E-state index contributed by atoms with van der Waals surface area (Å²) in [4.78, 5) is 30.7. The number of carbonyl (C=O) groups is 1. The van der Waals surface area contributed by atoms with Crippen molar-refractivity contribution in [3.8, 4) is 0 Å². The summed E-state index contributed by atoms with van der Waals surface area (Å²) in [5, 5.41) is 14.4. The normalized spacial score (nSPS) is 15.5. The lowest BCUT2D eigenvalue weighted by molar-refractivity contribution is -0.384. The van der Waals surface area contributed by atoms with Gasteiger partial charge >= 0.3 is 5.97 Å². The Bertz CT molecular complexity index is 795. The highest BCUT2D eigenvalue weighted by Crippen LogP contribution is 2.22. The van der Waals surface area contributed by atoms with Crippen LogP contribution < -0.4 is 0 Å². The first-order valence-electron chi connectivity index (χ1n) is 6.31. The molecule has 0 radical (unpaired) electrons. The molecule has 1 aromatic heterocycles. The van der Waals surface area contributed by atoms with Crippen molar-refractivity contribution in [2.24, 2.45) is 5.16 Å². The third-order valence-corrected chi connectivity index (χ3v) is 3.04. The second kappa shape index (κ2) is 5.57. The Labute approximate surface area is 124 Å². The molecule has 22 heavy (non-hydrogen) atoms. The molecule has 0 N–H and O–H groups in total. The molecule has 0 spiro atoms. The second-order valence-corrected chi connectivity index (χ2v) is 4.47. The number of nitrogens with zero attached hydrogens (tertiary/aromatic N) is 3. The minimum absolute atomic E-state index is 0.0348. The fraction of sp³-hybridized carbons (Fsp3) is 0. The lowest BCUT2D eigenvalue weighted by atomic mass is 10.0. The van der Waals surface area contributed by atoms with Crippen molar-refractivity contribution in [1.29, 1.82) is 0 Å². The summed E-state index contributed by atoms with van der Waals surface area (Å²) >= 11 is 0. The number of hydrogen-bond acceptors (Lipinski definition) is 6. The summed E-state index contributed by atoms with van der Waals surface area (Å²) < 4.78 is 0. The van der Waals surface area contributed by atoms with Crippen LogP contribution in [0.4, 0.5) is 5.69 Å². The quantitative estimate of drug-likeness (QED) is 0.375. The van der Waals surface area contributed by atoms with Crippen molar-refractivity contribution < 1.29 is 14.6 Å². The predicted octanol–water partition coefficient (Wildman–Crippen LogP) is 2.33. The van der Waals surface area contributed by atoms with Gasteiger partial charge in [0.2, 0.25) is 0 Å². The van der Waals surface area contributed by atoms with Gasteiger partial charge in [0, 0.05) is 30.1 Å². The van der Waals surface area contributed by atoms with E-state index in [-0.39, 0.29) is 11.3 Å². The van der Waals surface area contributed by atoms with Crippen molar-refractivity contribution in [2.45, 2.75) is 0 Å². The first-order chi connectivity index (χ1) is 10.6. The number of aromatic nitrogens is 1. The number of benzene rings is 1. The minimum Gasteiger partial charge on any atom is -0.312 e. The van der Waals surface area contributed by atoms with E-state index in [2.05, 4.69) is 10.1 Å². The minimum atomic E-state index is -0.572. The van der Waals surface area contributed by atoms with Gasteiger partial charge in [-0.15, -0.1) is 0 Å². The van der Waals surface area contributed by atoms with Crippen LogP contribution in [0.2, 0.25) is 0 Å². The number of carbonyl (C=O) groups excluding carboxylic acids is 1. The highest BCUT2D eigenvalue weighted by molar-refractivity contribution is 6.31. The van der Waals surface area contributed by atoms with Crippen molar-refractivity contribution in [2.75, 3.05) is 0 Å². The standard InChI is InChI=1S/C15H9N3O4/c19-15-13(8-10-2-1-7-16-9-10)14(17-22-15)11-3-5-12(6-4-11)18(20)21/h1-9H/b13-8-. The van der Waals surface area contributed by atoms with Gasteiger partial charge in [-0.3, -0.25) is 15.1 Å². The van der Waals surface area contributed by atoms with Gasteiger partial charge in [-0.1, -0.05) is 11.2 Å². The van der Waals surface area contributed by atoms with Crippen LogP contribution in [-0.4, -0.2) is 21.6 Å². The fourth-order valence-electron chi connectivity index (χ4n) is 1.99. The third-order valence-electron chi connectivity index (χ3n) is 3.04. The third kappa shape index (κ3) is 2.59. The number of non-ortho nitro benzene ring substituents is 1. The van der Waals surface area contributed by atoms with E-state index in [1.54, 1.807) is 30.6 Å². The largest absolute Gasteiger partial charge is 0.368 e. The van der Waals surface area contributed by atoms with E-state index in [0.717, 1.165) is 5.56 Å². The van der Waals surface area contributed by atoms with Gasteiger partial charge in [0.25, 0.3) is 5.69 Å². The van der Waals surface area contributed by atoms with Crippen LogP contribution in [-0.2, 0) is 9.63 Å². The Balaban J connectivity index is 1.97. The molecule has 3 rings (SSSR count). The van der Waals surface area contributed by atoms with E-state index in [9.17, 15) is 14.9 Å². The number of rotatable bonds is 3. The topological polar surface area (TPSA) is 94.7 Å². The molecule has 7 nitrogen and oxygen atoms in total. The fourth-order valence-corrected chi connectivity index (χ4v) is 1.99.